The zero-order valence-electron chi connectivity index (χ0n) is 5.56. The third-order valence-electron chi connectivity index (χ3n) is 1.09. The van der Waals surface area contributed by atoms with Crippen LogP contribution in [0.2, 0.25) is 0 Å². The quantitative estimate of drug-likeness (QED) is 0.462. The van der Waals surface area contributed by atoms with E-state index in [1.165, 1.54) is 0 Å². The molecule has 0 spiro atoms. The third-order valence-corrected chi connectivity index (χ3v) is 1.09. The summed E-state index contributed by atoms with van der Waals surface area (Å²) < 4.78 is 5.25. The summed E-state index contributed by atoms with van der Waals surface area (Å²) in [5, 5.41) is 0. The molecule has 1 aliphatic heterocycles. The van der Waals surface area contributed by atoms with Crippen molar-refractivity contribution in [2.45, 2.75) is 26.5 Å². The van der Waals surface area contributed by atoms with Gasteiger partial charge in [0.15, 0.2) is 5.72 Å². The summed E-state index contributed by atoms with van der Waals surface area (Å²) in [6.45, 7) is 6.61. The molecule has 0 saturated carbocycles. The van der Waals surface area contributed by atoms with E-state index in [0.717, 1.165) is 5.71 Å². The van der Waals surface area contributed by atoms with E-state index in [-0.39, 0.29) is 5.72 Å². The van der Waals surface area contributed by atoms with Crippen molar-refractivity contribution in [3.05, 3.63) is 0 Å². The predicted molar refractivity (Wildman–Crippen MR) is 33.1 cm³/mol. The van der Waals surface area contributed by atoms with E-state index in [1.54, 1.807) is 0 Å². The monoisotopic (exact) mass is 113 g/mol. The molecule has 0 aromatic rings. The molecular formula is C6H11NO. The van der Waals surface area contributed by atoms with Gasteiger partial charge < -0.3 is 4.74 Å². The molecule has 0 N–H and O–H groups in total. The van der Waals surface area contributed by atoms with Gasteiger partial charge in [-0.25, -0.2) is 0 Å². The van der Waals surface area contributed by atoms with Crippen molar-refractivity contribution in [3.8, 4) is 0 Å². The molecule has 0 saturated heterocycles. The molecule has 1 rings (SSSR count). The first-order chi connectivity index (χ1) is 3.60. The summed E-state index contributed by atoms with van der Waals surface area (Å²) in [6, 6.07) is 0. The van der Waals surface area contributed by atoms with E-state index < -0.39 is 0 Å². The van der Waals surface area contributed by atoms with Crippen molar-refractivity contribution in [1.29, 1.82) is 0 Å². The van der Waals surface area contributed by atoms with Crippen LogP contribution in [0.15, 0.2) is 4.99 Å². The molecular weight excluding hydrogens is 102 g/mol. The minimum absolute atomic E-state index is 0.246. The largest absolute Gasteiger partial charge is 0.349 e. The van der Waals surface area contributed by atoms with E-state index in [9.17, 15) is 0 Å². The second-order valence-corrected chi connectivity index (χ2v) is 2.58. The molecule has 0 atom stereocenters. The first-order valence-electron chi connectivity index (χ1n) is 2.79. The molecule has 0 aromatic heterocycles. The Bertz CT molecular complexity index is 126. The van der Waals surface area contributed by atoms with Crippen LogP contribution in [0.1, 0.15) is 20.8 Å². The topological polar surface area (TPSA) is 21.6 Å². The zero-order valence-corrected chi connectivity index (χ0v) is 5.56. The van der Waals surface area contributed by atoms with Gasteiger partial charge in [0, 0.05) is 5.71 Å². The Balaban J connectivity index is 2.67. The maximum atomic E-state index is 5.25. The molecule has 1 aliphatic rings. The Labute approximate surface area is 49.6 Å². The minimum atomic E-state index is -0.246. The van der Waals surface area contributed by atoms with Crippen molar-refractivity contribution in [3.63, 3.8) is 0 Å². The van der Waals surface area contributed by atoms with Crippen LogP contribution in [0.4, 0.5) is 0 Å². The Morgan fingerprint density at radius 1 is 1.62 bits per heavy atom. The summed E-state index contributed by atoms with van der Waals surface area (Å²) in [7, 11) is 0. The number of nitrogens with zero attached hydrogens (tertiary/aromatic N) is 1. The van der Waals surface area contributed by atoms with Crippen LogP contribution in [0.5, 0.6) is 0 Å². The highest BCUT2D eigenvalue weighted by Crippen LogP contribution is 2.16. The second kappa shape index (κ2) is 1.55. The summed E-state index contributed by atoms with van der Waals surface area (Å²) in [6.07, 6.45) is 0. The number of hydrogen-bond donors (Lipinski definition) is 0. The van der Waals surface area contributed by atoms with Crippen molar-refractivity contribution in [2.75, 3.05) is 6.61 Å². The summed E-state index contributed by atoms with van der Waals surface area (Å²) in [5.41, 5.74) is 0.847. The van der Waals surface area contributed by atoms with Crippen LogP contribution >= 0.6 is 0 Å². The Morgan fingerprint density at radius 2 is 2.25 bits per heavy atom. The van der Waals surface area contributed by atoms with Crippen LogP contribution in [-0.4, -0.2) is 18.0 Å². The molecule has 8 heavy (non-hydrogen) atoms. The van der Waals surface area contributed by atoms with Gasteiger partial charge >= 0.3 is 0 Å². The van der Waals surface area contributed by atoms with E-state index in [2.05, 4.69) is 4.99 Å². The highest BCUT2D eigenvalue weighted by Gasteiger charge is 2.22. The second-order valence-electron chi connectivity index (χ2n) is 2.58. The first kappa shape index (κ1) is 5.76. The summed E-state index contributed by atoms with van der Waals surface area (Å²) >= 11 is 0. The average molecular weight is 113 g/mol. The van der Waals surface area contributed by atoms with Crippen LogP contribution in [0.25, 0.3) is 0 Å². The molecule has 2 nitrogen and oxygen atoms in total. The van der Waals surface area contributed by atoms with Crippen molar-refractivity contribution in [2.24, 2.45) is 4.99 Å². The highest BCUT2D eigenvalue weighted by molar-refractivity contribution is 5.84. The van der Waals surface area contributed by atoms with Gasteiger partial charge in [0.05, 0.1) is 6.61 Å². The normalized spacial score (nSPS) is 25.6. The molecule has 0 amide bonds. The number of aliphatic imine (C=N–C) groups is 1. The van der Waals surface area contributed by atoms with E-state index in [4.69, 9.17) is 4.74 Å². The Kier molecular flexibility index (Phi) is 1.12. The smallest absolute Gasteiger partial charge is 0.153 e. The van der Waals surface area contributed by atoms with Crippen LogP contribution in [-0.2, 0) is 4.74 Å². The molecule has 0 fully saturated rings. The number of hydrogen-bond acceptors (Lipinski definition) is 2. The van der Waals surface area contributed by atoms with Crippen molar-refractivity contribution >= 4 is 5.71 Å². The van der Waals surface area contributed by atoms with Crippen LogP contribution in [0, 0.1) is 0 Å². The summed E-state index contributed by atoms with van der Waals surface area (Å²) in [5.74, 6) is 0. The number of ether oxygens (including phenoxy) is 1. The van der Waals surface area contributed by atoms with Gasteiger partial charge in [-0.15, -0.1) is 0 Å². The lowest BCUT2D eigenvalue weighted by molar-refractivity contribution is 0.0326. The lowest BCUT2D eigenvalue weighted by atomic mass is 10.3. The van der Waals surface area contributed by atoms with Crippen LogP contribution < -0.4 is 0 Å². The first-order valence-corrected chi connectivity index (χ1v) is 2.79. The fraction of sp³-hybridized carbons (Fsp3) is 0.833. The maximum absolute atomic E-state index is 5.25. The van der Waals surface area contributed by atoms with Gasteiger partial charge in [-0.3, -0.25) is 4.99 Å². The molecule has 2 heteroatoms. The lowest BCUT2D eigenvalue weighted by Gasteiger charge is -2.11. The molecule has 0 unspecified atom stereocenters. The Hall–Kier alpha value is -0.370. The molecule has 0 aliphatic carbocycles. The molecule has 46 valence electrons. The van der Waals surface area contributed by atoms with Gasteiger partial charge in [0.2, 0.25) is 0 Å². The minimum Gasteiger partial charge on any atom is -0.349 e. The van der Waals surface area contributed by atoms with E-state index >= 15 is 0 Å². The van der Waals surface area contributed by atoms with Crippen molar-refractivity contribution < 1.29 is 4.74 Å². The maximum Gasteiger partial charge on any atom is 0.153 e. The van der Waals surface area contributed by atoms with Gasteiger partial charge in [0.1, 0.15) is 0 Å². The highest BCUT2D eigenvalue weighted by atomic mass is 16.5. The summed E-state index contributed by atoms with van der Waals surface area (Å²) in [4.78, 5) is 4.22. The predicted octanol–water partition coefficient (Wildman–Crippen LogP) is 1.21. The third kappa shape index (κ3) is 1.07. The average Bonchev–Trinajstić information content (AvgIpc) is 1.82. The SMILES string of the molecule is CC1=NC(C)(C)OC1. The zero-order chi connectivity index (χ0) is 6.20. The number of rotatable bonds is 0. The molecule has 0 aromatic carbocycles. The Morgan fingerprint density at radius 3 is 2.38 bits per heavy atom. The van der Waals surface area contributed by atoms with Crippen LogP contribution in [0.3, 0.4) is 0 Å². The van der Waals surface area contributed by atoms with Gasteiger partial charge in [-0.05, 0) is 20.8 Å². The molecule has 0 radical (unpaired) electrons. The van der Waals surface area contributed by atoms with E-state index in [0.29, 0.717) is 6.61 Å². The lowest BCUT2D eigenvalue weighted by Crippen LogP contribution is -2.15. The van der Waals surface area contributed by atoms with Crippen molar-refractivity contribution in [1.82, 2.24) is 0 Å². The molecule has 1 heterocycles. The van der Waals surface area contributed by atoms with E-state index in [1.807, 2.05) is 20.8 Å². The van der Waals surface area contributed by atoms with Gasteiger partial charge in [-0.2, -0.15) is 0 Å². The standard InChI is InChI=1S/C6H11NO/c1-5-4-8-6(2,3)7-5/h4H2,1-3H3. The fourth-order valence-electron chi connectivity index (χ4n) is 0.805. The fourth-order valence-corrected chi connectivity index (χ4v) is 0.805. The van der Waals surface area contributed by atoms with Gasteiger partial charge in [0.25, 0.3) is 0 Å². The molecule has 0 bridgehead atoms. The van der Waals surface area contributed by atoms with Gasteiger partial charge in [-0.1, -0.05) is 0 Å².